The van der Waals surface area contributed by atoms with Crippen LogP contribution in [0.2, 0.25) is 0 Å². The molecule has 3 rings (SSSR count). The van der Waals surface area contributed by atoms with Crippen LogP contribution in [-0.2, 0) is 21.2 Å². The summed E-state index contributed by atoms with van der Waals surface area (Å²) in [7, 11) is -3.75. The molecule has 2 N–H and O–H groups in total. The highest BCUT2D eigenvalue weighted by molar-refractivity contribution is 7.91. The number of carbonyl (C=O) groups is 1. The van der Waals surface area contributed by atoms with Gasteiger partial charge >= 0.3 is 0 Å². The minimum Gasteiger partial charge on any atom is -0.300 e. The molecular weight excluding hydrogens is 396 g/mol. The molecule has 3 aromatic rings. The van der Waals surface area contributed by atoms with Crippen LogP contribution in [0.25, 0.3) is 10.8 Å². The first-order valence-corrected chi connectivity index (χ1v) is 11.3. The van der Waals surface area contributed by atoms with Gasteiger partial charge in [0, 0.05) is 12.5 Å². The summed E-state index contributed by atoms with van der Waals surface area (Å²) in [5.74, 6) is -0.459. The highest BCUT2D eigenvalue weighted by Gasteiger charge is 2.21. The van der Waals surface area contributed by atoms with Gasteiger partial charge in [0.25, 0.3) is 10.0 Å². The molecule has 9 heteroatoms. The smallest absolute Gasteiger partial charge is 0.269 e. The van der Waals surface area contributed by atoms with E-state index in [1.54, 1.807) is 13.8 Å². The van der Waals surface area contributed by atoms with E-state index in [1.165, 1.54) is 16.3 Å². The molecule has 0 unspecified atom stereocenters. The molecule has 0 saturated carbocycles. The van der Waals surface area contributed by atoms with Gasteiger partial charge in [-0.1, -0.05) is 67.6 Å². The van der Waals surface area contributed by atoms with Crippen LogP contribution in [-0.4, -0.2) is 31.1 Å². The second-order valence-corrected chi connectivity index (χ2v) is 9.57. The van der Waals surface area contributed by atoms with E-state index in [2.05, 4.69) is 44.5 Å². The second-order valence-electron chi connectivity index (χ2n) is 6.66. The topological polar surface area (TPSA) is 101 Å². The molecule has 28 heavy (non-hydrogen) atoms. The molecule has 0 radical (unpaired) electrons. The standard InChI is InChI=1S/C19H22N4O3S2/c1-13(2)17(24)21-18-22-23-19(27-18)28(25,26)20-12-6-10-15-9-5-8-14-7-3-4-11-16(14)15/h3-5,7-9,11,13,20H,6,10,12H2,1-2H3,(H,21,22,24). The first-order chi connectivity index (χ1) is 13.4. The van der Waals surface area contributed by atoms with Crippen molar-refractivity contribution in [2.45, 2.75) is 31.0 Å². The van der Waals surface area contributed by atoms with Gasteiger partial charge in [-0.2, -0.15) is 0 Å². The quantitative estimate of drug-likeness (QED) is 0.432. The Kier molecular flexibility index (Phi) is 6.38. The number of benzene rings is 2. The molecule has 0 aliphatic heterocycles. The van der Waals surface area contributed by atoms with E-state index in [9.17, 15) is 13.2 Å². The van der Waals surface area contributed by atoms with E-state index in [1.807, 2.05) is 18.2 Å². The van der Waals surface area contributed by atoms with Crippen molar-refractivity contribution >= 4 is 43.2 Å². The summed E-state index contributed by atoms with van der Waals surface area (Å²) in [4.78, 5) is 11.7. The van der Waals surface area contributed by atoms with Crippen LogP contribution >= 0.6 is 11.3 Å². The molecule has 2 aromatic carbocycles. The third-order valence-electron chi connectivity index (χ3n) is 4.19. The van der Waals surface area contributed by atoms with Crippen molar-refractivity contribution in [3.8, 4) is 0 Å². The molecule has 0 atom stereocenters. The van der Waals surface area contributed by atoms with E-state index >= 15 is 0 Å². The Morgan fingerprint density at radius 3 is 2.64 bits per heavy atom. The van der Waals surface area contributed by atoms with E-state index in [0.717, 1.165) is 17.8 Å². The molecule has 148 valence electrons. The number of amides is 1. The molecule has 1 heterocycles. The van der Waals surface area contributed by atoms with Gasteiger partial charge in [0.15, 0.2) is 0 Å². The lowest BCUT2D eigenvalue weighted by molar-refractivity contribution is -0.118. The summed E-state index contributed by atoms with van der Waals surface area (Å²) in [6, 6.07) is 14.3. The number of hydrogen-bond acceptors (Lipinski definition) is 6. The van der Waals surface area contributed by atoms with E-state index in [-0.39, 0.29) is 21.3 Å². The van der Waals surface area contributed by atoms with Gasteiger partial charge in [0.2, 0.25) is 15.4 Å². The number of nitrogens with zero attached hydrogens (tertiary/aromatic N) is 2. The fourth-order valence-corrected chi connectivity index (χ4v) is 4.69. The number of anilines is 1. The number of nitrogens with one attached hydrogen (secondary N) is 2. The van der Waals surface area contributed by atoms with E-state index in [0.29, 0.717) is 13.0 Å². The normalized spacial score (nSPS) is 11.8. The van der Waals surface area contributed by atoms with Crippen LogP contribution in [0.4, 0.5) is 5.13 Å². The van der Waals surface area contributed by atoms with E-state index in [4.69, 9.17) is 0 Å². The lowest BCUT2D eigenvalue weighted by Crippen LogP contribution is -2.25. The number of rotatable bonds is 8. The Balaban J connectivity index is 1.57. The van der Waals surface area contributed by atoms with Crippen molar-refractivity contribution in [2.75, 3.05) is 11.9 Å². The molecule has 0 aliphatic carbocycles. The first kappa shape index (κ1) is 20.4. The van der Waals surface area contributed by atoms with Gasteiger partial charge in [-0.25, -0.2) is 13.1 Å². The third-order valence-corrected chi connectivity index (χ3v) is 6.85. The summed E-state index contributed by atoms with van der Waals surface area (Å²) >= 11 is 0.837. The zero-order valence-electron chi connectivity index (χ0n) is 15.7. The maximum Gasteiger partial charge on any atom is 0.269 e. The van der Waals surface area contributed by atoms with Gasteiger partial charge in [0.05, 0.1) is 0 Å². The number of fused-ring (bicyclic) bond motifs is 1. The Labute approximate surface area is 168 Å². The Morgan fingerprint density at radius 2 is 1.86 bits per heavy atom. The van der Waals surface area contributed by atoms with Gasteiger partial charge in [-0.3, -0.25) is 4.79 Å². The molecule has 1 amide bonds. The molecule has 7 nitrogen and oxygen atoms in total. The third kappa shape index (κ3) is 4.92. The van der Waals surface area contributed by atoms with Gasteiger partial charge in [-0.05, 0) is 29.2 Å². The predicted molar refractivity (Wildman–Crippen MR) is 111 cm³/mol. The van der Waals surface area contributed by atoms with Crippen molar-refractivity contribution in [1.29, 1.82) is 0 Å². The molecule has 0 aliphatic rings. The number of carbonyl (C=O) groups excluding carboxylic acids is 1. The molecule has 0 spiro atoms. The van der Waals surface area contributed by atoms with Gasteiger partial charge in [-0.15, -0.1) is 10.2 Å². The van der Waals surface area contributed by atoms with Crippen molar-refractivity contribution in [2.24, 2.45) is 5.92 Å². The monoisotopic (exact) mass is 418 g/mol. The van der Waals surface area contributed by atoms with Crippen LogP contribution in [0.5, 0.6) is 0 Å². The van der Waals surface area contributed by atoms with Crippen molar-refractivity contribution in [1.82, 2.24) is 14.9 Å². The largest absolute Gasteiger partial charge is 0.300 e. The van der Waals surface area contributed by atoms with Crippen molar-refractivity contribution in [3.63, 3.8) is 0 Å². The van der Waals surface area contributed by atoms with Gasteiger partial charge < -0.3 is 5.32 Å². The maximum absolute atomic E-state index is 12.4. The number of sulfonamides is 1. The maximum atomic E-state index is 12.4. The Hall–Kier alpha value is -2.36. The zero-order chi connectivity index (χ0) is 20.1. The van der Waals surface area contributed by atoms with E-state index < -0.39 is 10.0 Å². The summed E-state index contributed by atoms with van der Waals surface area (Å²) in [6.45, 7) is 3.77. The SMILES string of the molecule is CC(C)C(=O)Nc1nnc(S(=O)(=O)NCCCc2cccc3ccccc23)s1. The summed E-state index contributed by atoms with van der Waals surface area (Å²) in [5, 5.41) is 12.5. The molecule has 0 fully saturated rings. The minimum absolute atomic E-state index is 0.156. The molecule has 0 saturated heterocycles. The van der Waals surface area contributed by atoms with Gasteiger partial charge in [0.1, 0.15) is 0 Å². The van der Waals surface area contributed by atoms with Crippen LogP contribution < -0.4 is 10.0 Å². The lowest BCUT2D eigenvalue weighted by Gasteiger charge is -2.07. The summed E-state index contributed by atoms with van der Waals surface area (Å²) in [6.07, 6.45) is 1.42. The summed E-state index contributed by atoms with van der Waals surface area (Å²) < 4.78 is 27.1. The number of aromatic nitrogens is 2. The lowest BCUT2D eigenvalue weighted by atomic mass is 10.0. The Morgan fingerprint density at radius 1 is 1.11 bits per heavy atom. The number of hydrogen-bond donors (Lipinski definition) is 2. The number of aryl methyl sites for hydroxylation is 1. The molecular formula is C19H22N4O3S2. The van der Waals surface area contributed by atoms with Crippen LogP contribution in [0.1, 0.15) is 25.8 Å². The first-order valence-electron chi connectivity index (χ1n) is 8.97. The zero-order valence-corrected chi connectivity index (χ0v) is 17.3. The highest BCUT2D eigenvalue weighted by Crippen LogP contribution is 2.21. The fraction of sp³-hybridized carbons (Fsp3) is 0.316. The summed E-state index contributed by atoms with van der Waals surface area (Å²) in [5.41, 5.74) is 1.19. The molecule has 0 bridgehead atoms. The van der Waals surface area contributed by atoms with Crippen LogP contribution in [0, 0.1) is 5.92 Å². The van der Waals surface area contributed by atoms with Crippen LogP contribution in [0.3, 0.4) is 0 Å². The highest BCUT2D eigenvalue weighted by atomic mass is 32.2. The van der Waals surface area contributed by atoms with Crippen molar-refractivity contribution in [3.05, 3.63) is 48.0 Å². The minimum atomic E-state index is -3.75. The van der Waals surface area contributed by atoms with Crippen molar-refractivity contribution < 1.29 is 13.2 Å². The fourth-order valence-electron chi connectivity index (χ4n) is 2.68. The predicted octanol–water partition coefficient (Wildman–Crippen LogP) is 3.20. The average molecular weight is 419 g/mol. The second kappa shape index (κ2) is 8.76. The Bertz CT molecular complexity index is 1070. The molecule has 1 aromatic heterocycles. The van der Waals surface area contributed by atoms with Crippen LogP contribution in [0.15, 0.2) is 46.8 Å². The average Bonchev–Trinajstić information content (AvgIpc) is 3.14.